The molecule has 0 amide bonds. The summed E-state index contributed by atoms with van der Waals surface area (Å²) in [4.78, 5) is 4.65. The van der Waals surface area contributed by atoms with Gasteiger partial charge in [0, 0.05) is 18.7 Å². The molecule has 5 nitrogen and oxygen atoms in total. The van der Waals surface area contributed by atoms with E-state index >= 15 is 0 Å². The lowest BCUT2D eigenvalue weighted by atomic mass is 9.84. The van der Waals surface area contributed by atoms with Crippen molar-refractivity contribution in [2.24, 2.45) is 10.9 Å². The van der Waals surface area contributed by atoms with E-state index in [9.17, 15) is 0 Å². The highest BCUT2D eigenvalue weighted by Gasteiger charge is 2.20. The summed E-state index contributed by atoms with van der Waals surface area (Å²) in [5.74, 6) is 3.00. The Kier molecular flexibility index (Phi) is 6.93. The Labute approximate surface area is 140 Å². The molecule has 1 fully saturated rings. The highest BCUT2D eigenvalue weighted by Crippen LogP contribution is 2.26. The van der Waals surface area contributed by atoms with Crippen molar-refractivity contribution in [3.63, 3.8) is 0 Å². The minimum Gasteiger partial charge on any atom is -0.359 e. The van der Waals surface area contributed by atoms with Gasteiger partial charge in [-0.2, -0.15) is 0 Å². The second-order valence-corrected chi connectivity index (χ2v) is 6.84. The van der Waals surface area contributed by atoms with Crippen LogP contribution in [0.2, 0.25) is 0 Å². The van der Waals surface area contributed by atoms with Crippen LogP contribution in [-0.2, 0) is 6.54 Å². The van der Waals surface area contributed by atoms with Gasteiger partial charge in [0.2, 0.25) is 0 Å². The predicted octanol–water partition coefficient (Wildman–Crippen LogP) is 3.82. The summed E-state index contributed by atoms with van der Waals surface area (Å²) >= 11 is 0. The minimum atomic E-state index is 0.386. The Morgan fingerprint density at radius 1 is 1.30 bits per heavy atom. The van der Waals surface area contributed by atoms with Crippen molar-refractivity contribution >= 4 is 5.96 Å². The molecule has 1 aliphatic rings. The molecule has 0 spiro atoms. The van der Waals surface area contributed by atoms with Crippen LogP contribution < -0.4 is 10.6 Å². The van der Waals surface area contributed by atoms with Gasteiger partial charge in [-0.15, -0.1) is 0 Å². The fourth-order valence-corrected chi connectivity index (χ4v) is 3.06. The van der Waals surface area contributed by atoms with E-state index in [1.807, 2.05) is 6.07 Å². The van der Waals surface area contributed by atoms with Gasteiger partial charge in [-0.1, -0.05) is 32.3 Å². The van der Waals surface area contributed by atoms with E-state index in [0.717, 1.165) is 29.9 Å². The highest BCUT2D eigenvalue weighted by atomic mass is 16.5. The lowest BCUT2D eigenvalue weighted by molar-refractivity contribution is 0.304. The van der Waals surface area contributed by atoms with E-state index in [1.54, 1.807) is 0 Å². The van der Waals surface area contributed by atoms with Crippen LogP contribution in [0.3, 0.4) is 0 Å². The molecule has 23 heavy (non-hydrogen) atoms. The molecule has 2 rings (SSSR count). The highest BCUT2D eigenvalue weighted by molar-refractivity contribution is 5.80. The number of guanidine groups is 1. The van der Waals surface area contributed by atoms with E-state index in [4.69, 9.17) is 4.52 Å². The number of nitrogens with zero attached hydrogens (tertiary/aromatic N) is 2. The van der Waals surface area contributed by atoms with Gasteiger partial charge < -0.3 is 15.2 Å². The molecule has 0 aromatic carbocycles. The Balaban J connectivity index is 1.89. The van der Waals surface area contributed by atoms with Crippen molar-refractivity contribution < 1.29 is 4.52 Å². The van der Waals surface area contributed by atoms with Gasteiger partial charge in [-0.3, -0.25) is 0 Å². The Hall–Kier alpha value is -1.52. The standard InChI is InChI=1S/C18H32N4O/c1-5-14-7-9-15(10-8-14)21-18(19-6-2)20-12-16-11-17(13(3)4)22-23-16/h11,13-15H,5-10,12H2,1-4H3,(H2,19,20,21). The van der Waals surface area contributed by atoms with Crippen molar-refractivity contribution in [1.29, 1.82) is 0 Å². The fraction of sp³-hybridized carbons (Fsp3) is 0.778. The summed E-state index contributed by atoms with van der Waals surface area (Å²) in [7, 11) is 0. The molecule has 0 radical (unpaired) electrons. The summed E-state index contributed by atoms with van der Waals surface area (Å²) < 4.78 is 5.36. The first-order chi connectivity index (χ1) is 11.1. The van der Waals surface area contributed by atoms with E-state index in [0.29, 0.717) is 18.5 Å². The van der Waals surface area contributed by atoms with E-state index in [2.05, 4.69) is 48.5 Å². The molecule has 1 aromatic rings. The van der Waals surface area contributed by atoms with Crippen LogP contribution in [0.15, 0.2) is 15.6 Å². The van der Waals surface area contributed by atoms with Crippen molar-refractivity contribution in [2.75, 3.05) is 6.54 Å². The van der Waals surface area contributed by atoms with Crippen molar-refractivity contribution in [2.45, 2.75) is 78.3 Å². The molecule has 2 N–H and O–H groups in total. The van der Waals surface area contributed by atoms with Gasteiger partial charge in [-0.05, 0) is 44.4 Å². The van der Waals surface area contributed by atoms with Gasteiger partial charge in [0.05, 0.1) is 5.69 Å². The Bertz CT molecular complexity index is 487. The topological polar surface area (TPSA) is 62.5 Å². The molecule has 0 atom stereocenters. The first-order valence-electron chi connectivity index (χ1n) is 9.12. The number of hydrogen-bond donors (Lipinski definition) is 2. The Morgan fingerprint density at radius 3 is 2.61 bits per heavy atom. The SMILES string of the molecule is CCNC(=NCc1cc(C(C)C)no1)NC1CCC(CC)CC1. The summed E-state index contributed by atoms with van der Waals surface area (Å²) in [6.07, 6.45) is 6.44. The predicted molar refractivity (Wildman–Crippen MR) is 94.6 cm³/mol. The van der Waals surface area contributed by atoms with Crippen LogP contribution in [-0.4, -0.2) is 23.7 Å². The molecular weight excluding hydrogens is 288 g/mol. The van der Waals surface area contributed by atoms with Gasteiger partial charge in [0.15, 0.2) is 11.7 Å². The monoisotopic (exact) mass is 320 g/mol. The number of aliphatic imine (C=N–C) groups is 1. The average molecular weight is 320 g/mol. The second-order valence-electron chi connectivity index (χ2n) is 6.84. The quantitative estimate of drug-likeness (QED) is 0.618. The molecule has 1 aliphatic carbocycles. The molecule has 5 heteroatoms. The summed E-state index contributed by atoms with van der Waals surface area (Å²) in [5.41, 5.74) is 0.992. The third-order valence-corrected chi connectivity index (χ3v) is 4.67. The lowest BCUT2D eigenvalue weighted by Gasteiger charge is -2.29. The maximum absolute atomic E-state index is 5.36. The smallest absolute Gasteiger partial charge is 0.191 e. The van der Waals surface area contributed by atoms with Crippen LogP contribution in [0.5, 0.6) is 0 Å². The largest absolute Gasteiger partial charge is 0.359 e. The van der Waals surface area contributed by atoms with Gasteiger partial charge >= 0.3 is 0 Å². The van der Waals surface area contributed by atoms with Crippen LogP contribution in [0.4, 0.5) is 0 Å². The zero-order valence-electron chi connectivity index (χ0n) is 15.1. The molecule has 130 valence electrons. The summed E-state index contributed by atoms with van der Waals surface area (Å²) in [6, 6.07) is 2.54. The zero-order valence-corrected chi connectivity index (χ0v) is 15.1. The maximum atomic E-state index is 5.36. The lowest BCUT2D eigenvalue weighted by Crippen LogP contribution is -2.44. The second kappa shape index (κ2) is 8.94. The normalized spacial score (nSPS) is 22.4. The molecule has 1 heterocycles. The van der Waals surface area contributed by atoms with Crippen molar-refractivity contribution in [1.82, 2.24) is 15.8 Å². The number of aromatic nitrogens is 1. The van der Waals surface area contributed by atoms with E-state index in [1.165, 1.54) is 32.1 Å². The maximum Gasteiger partial charge on any atom is 0.191 e. The summed E-state index contributed by atoms with van der Waals surface area (Å²) in [6.45, 7) is 10.0. The van der Waals surface area contributed by atoms with Gasteiger partial charge in [0.1, 0.15) is 6.54 Å². The van der Waals surface area contributed by atoms with E-state index < -0.39 is 0 Å². The minimum absolute atomic E-state index is 0.386. The average Bonchev–Trinajstić information content (AvgIpc) is 3.03. The number of rotatable bonds is 6. The fourth-order valence-electron chi connectivity index (χ4n) is 3.06. The van der Waals surface area contributed by atoms with E-state index in [-0.39, 0.29) is 0 Å². The van der Waals surface area contributed by atoms with Crippen LogP contribution in [0.25, 0.3) is 0 Å². The molecule has 0 aliphatic heterocycles. The van der Waals surface area contributed by atoms with Crippen LogP contribution >= 0.6 is 0 Å². The first kappa shape index (κ1) is 17.8. The third kappa shape index (κ3) is 5.56. The molecule has 0 unspecified atom stereocenters. The third-order valence-electron chi connectivity index (χ3n) is 4.67. The molecule has 1 saturated carbocycles. The molecule has 1 aromatic heterocycles. The zero-order chi connectivity index (χ0) is 16.7. The van der Waals surface area contributed by atoms with Gasteiger partial charge in [-0.25, -0.2) is 4.99 Å². The van der Waals surface area contributed by atoms with Crippen molar-refractivity contribution in [3.05, 3.63) is 17.5 Å². The Morgan fingerprint density at radius 2 is 2.04 bits per heavy atom. The molecular formula is C18H32N4O. The van der Waals surface area contributed by atoms with Gasteiger partial charge in [0.25, 0.3) is 0 Å². The van der Waals surface area contributed by atoms with Crippen LogP contribution in [0.1, 0.15) is 77.2 Å². The molecule has 0 saturated heterocycles. The first-order valence-corrected chi connectivity index (χ1v) is 9.12. The van der Waals surface area contributed by atoms with Crippen LogP contribution in [0, 0.1) is 5.92 Å². The number of hydrogen-bond acceptors (Lipinski definition) is 3. The summed E-state index contributed by atoms with van der Waals surface area (Å²) in [5, 5.41) is 11.0. The molecule has 0 bridgehead atoms. The van der Waals surface area contributed by atoms with Crippen molar-refractivity contribution in [3.8, 4) is 0 Å². The number of nitrogens with one attached hydrogen (secondary N) is 2.